The number of phenolic OH excluding ortho intramolecular Hbond substituents is 2. The second-order valence-electron chi connectivity index (χ2n) is 4.48. The molecule has 0 fully saturated rings. The number of methoxy groups -OCH3 is 1. The van der Waals surface area contributed by atoms with Crippen LogP contribution in [0.15, 0.2) is 51.7 Å². The molecule has 5 nitrogen and oxygen atoms in total. The largest absolute Gasteiger partial charge is 0.507 e. The predicted molar refractivity (Wildman–Crippen MR) is 77.8 cm³/mol. The molecule has 0 saturated carbocycles. The van der Waals surface area contributed by atoms with Crippen LogP contribution in [0, 0.1) is 0 Å². The molecule has 0 saturated heterocycles. The number of ether oxygens (including phenoxy) is 1. The minimum Gasteiger partial charge on any atom is -0.507 e. The maximum absolute atomic E-state index is 12.2. The Kier molecular flexibility index (Phi) is 3.02. The average Bonchev–Trinajstić information content (AvgIpc) is 2.47. The second kappa shape index (κ2) is 4.86. The maximum atomic E-state index is 12.2. The van der Waals surface area contributed by atoms with Gasteiger partial charge in [-0.25, -0.2) is 0 Å². The van der Waals surface area contributed by atoms with Crippen LogP contribution >= 0.6 is 0 Å². The maximum Gasteiger partial charge on any atom is 0.197 e. The molecule has 1 heterocycles. The molecule has 21 heavy (non-hydrogen) atoms. The zero-order chi connectivity index (χ0) is 15.0. The third-order valence-corrected chi connectivity index (χ3v) is 3.21. The number of phenols is 2. The first-order valence-electron chi connectivity index (χ1n) is 6.24. The highest BCUT2D eigenvalue weighted by molar-refractivity contribution is 5.89. The van der Waals surface area contributed by atoms with E-state index in [1.807, 2.05) is 0 Å². The van der Waals surface area contributed by atoms with Crippen LogP contribution in [0.25, 0.3) is 22.3 Å². The first kappa shape index (κ1) is 13.1. The van der Waals surface area contributed by atoms with Crippen LogP contribution in [0.4, 0.5) is 0 Å². The normalized spacial score (nSPS) is 10.7. The summed E-state index contributed by atoms with van der Waals surface area (Å²) in [5.74, 6) is 0.356. The third-order valence-electron chi connectivity index (χ3n) is 3.21. The zero-order valence-corrected chi connectivity index (χ0v) is 11.2. The quantitative estimate of drug-likeness (QED) is 0.756. The minimum absolute atomic E-state index is 0.000815. The van der Waals surface area contributed by atoms with Gasteiger partial charge in [0, 0.05) is 6.07 Å². The summed E-state index contributed by atoms with van der Waals surface area (Å²) in [6.45, 7) is 0. The molecule has 0 atom stereocenters. The summed E-state index contributed by atoms with van der Waals surface area (Å²) < 4.78 is 10.8. The van der Waals surface area contributed by atoms with Gasteiger partial charge >= 0.3 is 0 Å². The van der Waals surface area contributed by atoms with Crippen molar-refractivity contribution in [2.45, 2.75) is 0 Å². The van der Waals surface area contributed by atoms with Crippen LogP contribution in [0.2, 0.25) is 0 Å². The summed E-state index contributed by atoms with van der Waals surface area (Å²) >= 11 is 0. The van der Waals surface area contributed by atoms with Crippen molar-refractivity contribution in [3.05, 3.63) is 52.7 Å². The molecule has 0 unspecified atom stereocenters. The lowest BCUT2D eigenvalue weighted by molar-refractivity contribution is 0.407. The molecular formula is C16H12O5. The summed E-state index contributed by atoms with van der Waals surface area (Å²) in [6, 6.07) is 10.6. The van der Waals surface area contributed by atoms with Gasteiger partial charge in [-0.1, -0.05) is 12.1 Å². The molecule has 0 aliphatic carbocycles. The monoisotopic (exact) mass is 284 g/mol. The van der Waals surface area contributed by atoms with E-state index in [-0.39, 0.29) is 28.2 Å². The van der Waals surface area contributed by atoms with Gasteiger partial charge in [-0.2, -0.15) is 0 Å². The highest BCUT2D eigenvalue weighted by atomic mass is 16.5. The van der Waals surface area contributed by atoms with Crippen molar-refractivity contribution in [3.63, 3.8) is 0 Å². The Morgan fingerprint density at radius 1 is 1.05 bits per heavy atom. The summed E-state index contributed by atoms with van der Waals surface area (Å²) in [6.07, 6.45) is 0. The number of hydrogen-bond acceptors (Lipinski definition) is 5. The van der Waals surface area contributed by atoms with Crippen LogP contribution < -0.4 is 10.2 Å². The molecule has 1 aromatic heterocycles. The Balaban J connectivity index is 2.38. The van der Waals surface area contributed by atoms with E-state index >= 15 is 0 Å². The zero-order valence-electron chi connectivity index (χ0n) is 11.2. The minimum atomic E-state index is -0.411. The van der Waals surface area contributed by atoms with Crippen LogP contribution in [0.1, 0.15) is 0 Å². The summed E-state index contributed by atoms with van der Waals surface area (Å²) in [5.41, 5.74) is 0.121. The van der Waals surface area contributed by atoms with Gasteiger partial charge in [0.1, 0.15) is 22.6 Å². The molecule has 3 rings (SSSR count). The molecule has 0 bridgehead atoms. The molecule has 0 aliphatic rings. The molecule has 0 aliphatic heterocycles. The SMILES string of the molecule is COc1ccc(O)c2c(=O)cc(-c3ccccc3O)oc12. The smallest absolute Gasteiger partial charge is 0.197 e. The molecule has 0 spiro atoms. The number of fused-ring (bicyclic) bond motifs is 1. The van der Waals surface area contributed by atoms with Crippen LogP contribution in [0.3, 0.4) is 0 Å². The van der Waals surface area contributed by atoms with Crippen molar-refractivity contribution < 1.29 is 19.4 Å². The Hall–Kier alpha value is -2.95. The predicted octanol–water partition coefficient (Wildman–Crippen LogP) is 2.88. The summed E-state index contributed by atoms with van der Waals surface area (Å²) in [4.78, 5) is 12.2. The molecular weight excluding hydrogens is 272 g/mol. The van der Waals surface area contributed by atoms with Crippen LogP contribution in [0.5, 0.6) is 17.2 Å². The number of para-hydroxylation sites is 1. The van der Waals surface area contributed by atoms with Gasteiger partial charge in [-0.15, -0.1) is 0 Å². The van der Waals surface area contributed by atoms with Gasteiger partial charge in [-0.3, -0.25) is 4.79 Å². The fraction of sp³-hybridized carbons (Fsp3) is 0.0625. The molecule has 0 amide bonds. The van der Waals surface area contributed by atoms with Gasteiger partial charge in [0.15, 0.2) is 16.8 Å². The number of aromatic hydroxyl groups is 2. The Labute approximate surface area is 119 Å². The van der Waals surface area contributed by atoms with E-state index in [1.54, 1.807) is 18.2 Å². The van der Waals surface area contributed by atoms with Gasteiger partial charge < -0.3 is 19.4 Å². The standard InChI is InChI=1S/C16H12O5/c1-20-13-7-6-11(18)15-12(19)8-14(21-16(13)15)9-4-2-3-5-10(9)17/h2-8,17-18H,1H3. The number of rotatable bonds is 2. The Morgan fingerprint density at radius 3 is 2.52 bits per heavy atom. The molecule has 2 N–H and O–H groups in total. The van der Waals surface area contributed by atoms with E-state index in [4.69, 9.17) is 9.15 Å². The van der Waals surface area contributed by atoms with Crippen molar-refractivity contribution in [1.82, 2.24) is 0 Å². The van der Waals surface area contributed by atoms with Gasteiger partial charge in [-0.05, 0) is 24.3 Å². The Bertz CT molecular complexity index is 879. The lowest BCUT2D eigenvalue weighted by Gasteiger charge is -2.08. The topological polar surface area (TPSA) is 79.9 Å². The van der Waals surface area contributed by atoms with E-state index in [0.29, 0.717) is 11.3 Å². The van der Waals surface area contributed by atoms with Gasteiger partial charge in [0.25, 0.3) is 0 Å². The van der Waals surface area contributed by atoms with E-state index in [0.717, 1.165) is 0 Å². The van der Waals surface area contributed by atoms with Crippen molar-refractivity contribution >= 4 is 11.0 Å². The van der Waals surface area contributed by atoms with Crippen molar-refractivity contribution in [2.24, 2.45) is 0 Å². The van der Waals surface area contributed by atoms with Crippen LogP contribution in [-0.2, 0) is 0 Å². The molecule has 0 radical (unpaired) electrons. The average molecular weight is 284 g/mol. The lowest BCUT2D eigenvalue weighted by atomic mass is 10.1. The molecule has 2 aromatic carbocycles. The number of hydrogen-bond donors (Lipinski definition) is 2. The van der Waals surface area contributed by atoms with E-state index in [2.05, 4.69) is 0 Å². The van der Waals surface area contributed by atoms with E-state index < -0.39 is 5.43 Å². The van der Waals surface area contributed by atoms with Crippen molar-refractivity contribution in [1.29, 1.82) is 0 Å². The van der Waals surface area contributed by atoms with Gasteiger partial charge in [0.05, 0.1) is 12.7 Å². The van der Waals surface area contributed by atoms with E-state index in [1.165, 1.54) is 31.4 Å². The van der Waals surface area contributed by atoms with Crippen molar-refractivity contribution in [2.75, 3.05) is 7.11 Å². The van der Waals surface area contributed by atoms with Gasteiger partial charge in [0.2, 0.25) is 0 Å². The van der Waals surface area contributed by atoms with Crippen molar-refractivity contribution in [3.8, 4) is 28.6 Å². The number of benzene rings is 2. The first-order chi connectivity index (χ1) is 10.1. The molecule has 5 heteroatoms. The highest BCUT2D eigenvalue weighted by Crippen LogP contribution is 2.35. The highest BCUT2D eigenvalue weighted by Gasteiger charge is 2.15. The van der Waals surface area contributed by atoms with Crippen LogP contribution in [-0.4, -0.2) is 17.3 Å². The second-order valence-corrected chi connectivity index (χ2v) is 4.48. The van der Waals surface area contributed by atoms with E-state index in [9.17, 15) is 15.0 Å². The first-order valence-corrected chi connectivity index (χ1v) is 6.24. The summed E-state index contributed by atoms with van der Waals surface area (Å²) in [5, 5.41) is 19.7. The molecule has 106 valence electrons. The molecule has 3 aromatic rings. The lowest BCUT2D eigenvalue weighted by Crippen LogP contribution is -2.02. The Morgan fingerprint density at radius 2 is 1.81 bits per heavy atom. The summed E-state index contributed by atoms with van der Waals surface area (Å²) in [7, 11) is 1.44. The fourth-order valence-corrected chi connectivity index (χ4v) is 2.20. The third kappa shape index (κ3) is 2.08. The fourth-order valence-electron chi connectivity index (χ4n) is 2.20.